The second-order valence-corrected chi connectivity index (χ2v) is 3.11. The predicted molar refractivity (Wildman–Crippen MR) is 55.6 cm³/mol. The Morgan fingerprint density at radius 1 is 1.69 bits per heavy atom. The molecule has 88 valence electrons. The number of amides is 1. The van der Waals surface area contributed by atoms with Gasteiger partial charge in [0.1, 0.15) is 12.4 Å². The molecule has 0 spiro atoms. The third-order valence-electron chi connectivity index (χ3n) is 1.86. The maximum absolute atomic E-state index is 11.2. The van der Waals surface area contributed by atoms with Crippen LogP contribution in [0.4, 0.5) is 5.69 Å². The molecule has 0 saturated carbocycles. The molecule has 1 heterocycles. The summed E-state index contributed by atoms with van der Waals surface area (Å²) in [5.74, 6) is -0.149. The van der Waals surface area contributed by atoms with Crippen LogP contribution in [0.15, 0.2) is 12.4 Å². The number of nitrogens with one attached hydrogen (secondary N) is 1. The van der Waals surface area contributed by atoms with Crippen molar-refractivity contribution in [3.8, 4) is 0 Å². The minimum Gasteiger partial charge on any atom is -0.355 e. The summed E-state index contributed by atoms with van der Waals surface area (Å²) in [6.07, 6.45) is 2.66. The van der Waals surface area contributed by atoms with Crippen LogP contribution in [-0.4, -0.2) is 33.7 Å². The van der Waals surface area contributed by atoms with Gasteiger partial charge in [-0.15, -0.1) is 0 Å². The summed E-state index contributed by atoms with van der Waals surface area (Å²) < 4.78 is 1.36. The Labute approximate surface area is 91.6 Å². The Bertz CT molecular complexity index is 376. The van der Waals surface area contributed by atoms with Gasteiger partial charge in [0, 0.05) is 26.1 Å². The number of nitrogens with zero attached hydrogens (tertiary/aromatic N) is 3. The van der Waals surface area contributed by atoms with Gasteiger partial charge in [0.05, 0.1) is 4.92 Å². The normalized spacial score (nSPS) is 10.1. The van der Waals surface area contributed by atoms with Crippen LogP contribution < -0.4 is 11.1 Å². The van der Waals surface area contributed by atoms with E-state index in [2.05, 4.69) is 10.4 Å². The minimum atomic E-state index is -0.530. The maximum Gasteiger partial charge on any atom is 0.306 e. The summed E-state index contributed by atoms with van der Waals surface area (Å²) in [6.45, 7) is 1.13. The second kappa shape index (κ2) is 5.81. The first kappa shape index (κ1) is 12.1. The Morgan fingerprint density at radius 2 is 2.44 bits per heavy atom. The van der Waals surface area contributed by atoms with Crippen molar-refractivity contribution in [1.29, 1.82) is 0 Å². The molecule has 1 aromatic heterocycles. The van der Waals surface area contributed by atoms with E-state index in [0.29, 0.717) is 19.6 Å². The molecule has 0 radical (unpaired) electrons. The lowest BCUT2D eigenvalue weighted by atomic mass is 10.4. The van der Waals surface area contributed by atoms with E-state index in [1.807, 2.05) is 0 Å². The van der Waals surface area contributed by atoms with Crippen molar-refractivity contribution in [3.63, 3.8) is 0 Å². The van der Waals surface area contributed by atoms with E-state index in [-0.39, 0.29) is 18.0 Å². The van der Waals surface area contributed by atoms with Crippen molar-refractivity contribution >= 4 is 11.6 Å². The Hall–Kier alpha value is -1.96. The minimum absolute atomic E-state index is 0.0811. The lowest BCUT2D eigenvalue weighted by molar-refractivity contribution is -0.385. The van der Waals surface area contributed by atoms with E-state index in [1.165, 1.54) is 10.9 Å². The standard InChI is InChI=1S/C8H13N5O3/c9-2-3-10-8(14)1-4-12-6-7(5-11-12)13(15)16/h5-6H,1-4,9H2,(H,10,14). The van der Waals surface area contributed by atoms with Gasteiger partial charge in [-0.05, 0) is 0 Å². The van der Waals surface area contributed by atoms with Crippen LogP contribution in [-0.2, 0) is 11.3 Å². The molecule has 0 aromatic carbocycles. The van der Waals surface area contributed by atoms with E-state index in [0.717, 1.165) is 6.20 Å². The fourth-order valence-electron chi connectivity index (χ4n) is 1.09. The molecular formula is C8H13N5O3. The lowest BCUT2D eigenvalue weighted by Gasteiger charge is -2.02. The summed E-state index contributed by atoms with van der Waals surface area (Å²) in [5.41, 5.74) is 5.13. The number of carbonyl (C=O) groups excluding carboxylic acids is 1. The molecule has 0 fully saturated rings. The monoisotopic (exact) mass is 227 g/mol. The molecule has 0 atom stereocenters. The number of hydrogen-bond acceptors (Lipinski definition) is 5. The summed E-state index contributed by atoms with van der Waals surface area (Å²) in [5, 5.41) is 16.7. The summed E-state index contributed by atoms with van der Waals surface area (Å²) in [6, 6.07) is 0. The van der Waals surface area contributed by atoms with E-state index in [4.69, 9.17) is 5.73 Å². The molecule has 8 heteroatoms. The fraction of sp³-hybridized carbons (Fsp3) is 0.500. The topological polar surface area (TPSA) is 116 Å². The van der Waals surface area contributed by atoms with E-state index >= 15 is 0 Å². The number of carbonyl (C=O) groups is 1. The van der Waals surface area contributed by atoms with Crippen LogP contribution in [0.3, 0.4) is 0 Å². The molecule has 0 aliphatic heterocycles. The van der Waals surface area contributed by atoms with Crippen molar-refractivity contribution in [2.75, 3.05) is 13.1 Å². The third-order valence-corrected chi connectivity index (χ3v) is 1.86. The highest BCUT2D eigenvalue weighted by molar-refractivity contribution is 5.75. The first-order chi connectivity index (χ1) is 7.63. The summed E-state index contributed by atoms with van der Waals surface area (Å²) >= 11 is 0. The van der Waals surface area contributed by atoms with Crippen molar-refractivity contribution in [2.24, 2.45) is 5.73 Å². The van der Waals surface area contributed by atoms with Gasteiger partial charge < -0.3 is 11.1 Å². The molecule has 0 aliphatic rings. The molecular weight excluding hydrogens is 214 g/mol. The van der Waals surface area contributed by atoms with E-state index in [9.17, 15) is 14.9 Å². The van der Waals surface area contributed by atoms with Gasteiger partial charge in [0.2, 0.25) is 5.91 Å². The average molecular weight is 227 g/mol. The lowest BCUT2D eigenvalue weighted by Crippen LogP contribution is -2.29. The highest BCUT2D eigenvalue weighted by Crippen LogP contribution is 2.07. The van der Waals surface area contributed by atoms with Crippen molar-refractivity contribution in [3.05, 3.63) is 22.5 Å². The third kappa shape index (κ3) is 3.65. The number of nitro groups is 1. The van der Waals surface area contributed by atoms with Gasteiger partial charge in [0.15, 0.2) is 0 Å². The molecule has 8 nitrogen and oxygen atoms in total. The maximum atomic E-state index is 11.2. The zero-order valence-electron chi connectivity index (χ0n) is 8.63. The summed E-state index contributed by atoms with van der Waals surface area (Å²) in [7, 11) is 0. The second-order valence-electron chi connectivity index (χ2n) is 3.11. The quantitative estimate of drug-likeness (QED) is 0.490. The predicted octanol–water partition coefficient (Wildman–Crippen LogP) is -0.744. The van der Waals surface area contributed by atoms with Crippen LogP contribution in [0.1, 0.15) is 6.42 Å². The van der Waals surface area contributed by atoms with Crippen LogP contribution in [0.5, 0.6) is 0 Å². The Morgan fingerprint density at radius 3 is 3.00 bits per heavy atom. The smallest absolute Gasteiger partial charge is 0.306 e. The first-order valence-corrected chi connectivity index (χ1v) is 4.77. The first-order valence-electron chi connectivity index (χ1n) is 4.77. The van der Waals surface area contributed by atoms with Crippen LogP contribution in [0, 0.1) is 10.1 Å². The molecule has 0 unspecified atom stereocenters. The highest BCUT2D eigenvalue weighted by Gasteiger charge is 2.09. The van der Waals surface area contributed by atoms with Gasteiger partial charge in [-0.2, -0.15) is 5.10 Å². The fourth-order valence-corrected chi connectivity index (χ4v) is 1.09. The van der Waals surface area contributed by atoms with Gasteiger partial charge in [-0.3, -0.25) is 19.6 Å². The SMILES string of the molecule is NCCNC(=O)CCn1cc([N+](=O)[O-])cn1. The van der Waals surface area contributed by atoms with Gasteiger partial charge in [-0.25, -0.2) is 0 Å². The van der Waals surface area contributed by atoms with E-state index < -0.39 is 4.92 Å². The molecule has 0 aliphatic carbocycles. The molecule has 1 rings (SSSR count). The molecule has 3 N–H and O–H groups in total. The van der Waals surface area contributed by atoms with Crippen molar-refractivity contribution < 1.29 is 9.72 Å². The number of rotatable bonds is 6. The average Bonchev–Trinajstić information content (AvgIpc) is 2.72. The van der Waals surface area contributed by atoms with Gasteiger partial charge in [-0.1, -0.05) is 0 Å². The highest BCUT2D eigenvalue weighted by atomic mass is 16.6. The Kier molecular flexibility index (Phi) is 4.40. The van der Waals surface area contributed by atoms with Crippen molar-refractivity contribution in [2.45, 2.75) is 13.0 Å². The van der Waals surface area contributed by atoms with Crippen LogP contribution in [0.2, 0.25) is 0 Å². The Balaban J connectivity index is 2.36. The molecule has 0 bridgehead atoms. The zero-order chi connectivity index (χ0) is 12.0. The number of hydrogen-bond donors (Lipinski definition) is 2. The van der Waals surface area contributed by atoms with Crippen LogP contribution in [0.25, 0.3) is 0 Å². The molecule has 16 heavy (non-hydrogen) atoms. The molecule has 1 aromatic rings. The largest absolute Gasteiger partial charge is 0.355 e. The van der Waals surface area contributed by atoms with E-state index in [1.54, 1.807) is 0 Å². The number of aryl methyl sites for hydroxylation is 1. The van der Waals surface area contributed by atoms with Gasteiger partial charge >= 0.3 is 5.69 Å². The van der Waals surface area contributed by atoms with Crippen molar-refractivity contribution in [1.82, 2.24) is 15.1 Å². The molecule has 1 amide bonds. The van der Waals surface area contributed by atoms with Gasteiger partial charge in [0.25, 0.3) is 0 Å². The molecule has 0 saturated heterocycles. The zero-order valence-corrected chi connectivity index (χ0v) is 8.63. The van der Waals surface area contributed by atoms with Crippen LogP contribution >= 0.6 is 0 Å². The number of aromatic nitrogens is 2. The number of nitrogens with two attached hydrogens (primary N) is 1. The summed E-state index contributed by atoms with van der Waals surface area (Å²) in [4.78, 5) is 21.0.